The second-order valence-electron chi connectivity index (χ2n) is 8.65. The number of H-pyrrole nitrogens is 1. The zero-order chi connectivity index (χ0) is 26.2. The first-order valence-electron chi connectivity index (χ1n) is 11.5. The summed E-state index contributed by atoms with van der Waals surface area (Å²) in [6.07, 6.45) is -4.42. The Balaban J connectivity index is 1.37. The summed E-state index contributed by atoms with van der Waals surface area (Å²) in [6.45, 7) is 1.84. The SMILES string of the molecule is C[C@@H](NC(=O)c1ccc2c(Oc3ccc(C(F)(F)F)cc3)cccc2c1)c1cccc2ccc(=O)[nH]c12. The van der Waals surface area contributed by atoms with Crippen LogP contribution in [0.4, 0.5) is 13.2 Å². The molecule has 0 fully saturated rings. The number of alkyl halides is 3. The van der Waals surface area contributed by atoms with Crippen LogP contribution < -0.4 is 15.6 Å². The summed E-state index contributed by atoms with van der Waals surface area (Å²) in [5, 5.41) is 5.28. The lowest BCUT2D eigenvalue weighted by atomic mass is 10.0. The van der Waals surface area contributed by atoms with Crippen LogP contribution in [0, 0.1) is 0 Å². The molecular formula is C29H21F3N2O3. The van der Waals surface area contributed by atoms with Crippen molar-refractivity contribution in [2.45, 2.75) is 19.1 Å². The van der Waals surface area contributed by atoms with E-state index < -0.39 is 11.7 Å². The predicted octanol–water partition coefficient (Wildman–Crippen LogP) is 6.98. The zero-order valence-corrected chi connectivity index (χ0v) is 19.6. The highest BCUT2D eigenvalue weighted by molar-refractivity contribution is 6.00. The van der Waals surface area contributed by atoms with Gasteiger partial charge in [0.2, 0.25) is 5.56 Å². The Kier molecular flexibility index (Phi) is 6.17. The molecule has 1 aromatic heterocycles. The molecule has 5 nitrogen and oxygen atoms in total. The summed E-state index contributed by atoms with van der Waals surface area (Å²) >= 11 is 0. The van der Waals surface area contributed by atoms with E-state index in [1.165, 1.54) is 18.2 Å². The Morgan fingerprint density at radius 1 is 0.892 bits per heavy atom. The van der Waals surface area contributed by atoms with Crippen molar-refractivity contribution in [1.82, 2.24) is 10.3 Å². The summed E-state index contributed by atoms with van der Waals surface area (Å²) < 4.78 is 44.3. The topological polar surface area (TPSA) is 71.2 Å². The van der Waals surface area contributed by atoms with Gasteiger partial charge in [0.15, 0.2) is 0 Å². The summed E-state index contributed by atoms with van der Waals surface area (Å²) in [4.78, 5) is 27.7. The third-order valence-electron chi connectivity index (χ3n) is 6.12. The summed E-state index contributed by atoms with van der Waals surface area (Å²) in [5.41, 5.74) is 0.919. The number of benzene rings is 4. The van der Waals surface area contributed by atoms with Gasteiger partial charge >= 0.3 is 6.18 Å². The number of ether oxygens (including phenoxy) is 1. The average Bonchev–Trinajstić information content (AvgIpc) is 2.88. The second-order valence-corrected chi connectivity index (χ2v) is 8.65. The molecule has 0 radical (unpaired) electrons. The maximum Gasteiger partial charge on any atom is 0.416 e. The highest BCUT2D eigenvalue weighted by Crippen LogP contribution is 2.34. The quantitative estimate of drug-likeness (QED) is 0.272. The number of aromatic nitrogens is 1. The minimum atomic E-state index is -4.42. The number of carbonyl (C=O) groups is 1. The van der Waals surface area contributed by atoms with E-state index in [0.717, 1.165) is 28.5 Å². The van der Waals surface area contributed by atoms with E-state index in [1.54, 1.807) is 36.4 Å². The minimum absolute atomic E-state index is 0.220. The largest absolute Gasteiger partial charge is 0.457 e. The number of nitrogens with one attached hydrogen (secondary N) is 2. The maximum atomic E-state index is 13.1. The lowest BCUT2D eigenvalue weighted by Crippen LogP contribution is -2.27. The molecule has 0 unspecified atom stereocenters. The number of hydrogen-bond acceptors (Lipinski definition) is 3. The van der Waals surface area contributed by atoms with Crippen molar-refractivity contribution >= 4 is 27.6 Å². The summed E-state index contributed by atoms with van der Waals surface area (Å²) in [6, 6.07) is 23.3. The van der Waals surface area contributed by atoms with Crippen molar-refractivity contribution in [2.75, 3.05) is 0 Å². The number of aromatic amines is 1. The maximum absolute atomic E-state index is 13.1. The molecule has 5 rings (SSSR count). The van der Waals surface area contributed by atoms with Gasteiger partial charge in [0.1, 0.15) is 11.5 Å². The number of hydrogen-bond donors (Lipinski definition) is 2. The molecule has 4 aromatic carbocycles. The van der Waals surface area contributed by atoms with Crippen molar-refractivity contribution in [3.05, 3.63) is 118 Å². The van der Waals surface area contributed by atoms with Gasteiger partial charge in [0.25, 0.3) is 5.91 Å². The van der Waals surface area contributed by atoms with Crippen LogP contribution in [0.15, 0.2) is 95.8 Å². The Bertz CT molecular complexity index is 1670. The van der Waals surface area contributed by atoms with Gasteiger partial charge in [-0.1, -0.05) is 30.3 Å². The molecule has 0 saturated heterocycles. The molecule has 0 aliphatic carbocycles. The van der Waals surface area contributed by atoms with E-state index in [9.17, 15) is 22.8 Å². The number of para-hydroxylation sites is 1. The molecule has 0 aliphatic heterocycles. The molecule has 0 aliphatic rings. The van der Waals surface area contributed by atoms with Gasteiger partial charge in [-0.2, -0.15) is 13.2 Å². The fourth-order valence-electron chi connectivity index (χ4n) is 4.24. The van der Waals surface area contributed by atoms with Gasteiger partial charge in [-0.05, 0) is 77.9 Å². The van der Waals surface area contributed by atoms with Crippen LogP contribution >= 0.6 is 0 Å². The summed E-state index contributed by atoms with van der Waals surface area (Å²) in [7, 11) is 0. The van der Waals surface area contributed by atoms with Crippen molar-refractivity contribution in [1.29, 1.82) is 0 Å². The molecule has 2 N–H and O–H groups in total. The number of fused-ring (bicyclic) bond motifs is 2. The first kappa shape index (κ1) is 24.1. The van der Waals surface area contributed by atoms with Gasteiger partial charge in [-0.15, -0.1) is 0 Å². The third kappa shape index (κ3) is 5.04. The van der Waals surface area contributed by atoms with Crippen molar-refractivity contribution < 1.29 is 22.7 Å². The molecule has 1 amide bonds. The van der Waals surface area contributed by atoms with E-state index in [1.807, 2.05) is 31.2 Å². The van der Waals surface area contributed by atoms with Crippen molar-refractivity contribution in [3.63, 3.8) is 0 Å². The lowest BCUT2D eigenvalue weighted by molar-refractivity contribution is -0.137. The number of rotatable bonds is 5. The van der Waals surface area contributed by atoms with E-state index in [0.29, 0.717) is 22.2 Å². The smallest absolute Gasteiger partial charge is 0.416 e. The number of halogens is 3. The van der Waals surface area contributed by atoms with Gasteiger partial charge in [0.05, 0.1) is 17.1 Å². The van der Waals surface area contributed by atoms with Gasteiger partial charge in [-0.3, -0.25) is 9.59 Å². The van der Waals surface area contributed by atoms with Gasteiger partial charge < -0.3 is 15.0 Å². The molecule has 186 valence electrons. The molecule has 1 heterocycles. The summed E-state index contributed by atoms with van der Waals surface area (Å²) in [5.74, 6) is 0.431. The van der Waals surface area contributed by atoms with Crippen molar-refractivity contribution in [2.24, 2.45) is 0 Å². The van der Waals surface area contributed by atoms with Crippen LogP contribution in [-0.4, -0.2) is 10.9 Å². The highest BCUT2D eigenvalue weighted by atomic mass is 19.4. The third-order valence-corrected chi connectivity index (χ3v) is 6.12. The van der Waals surface area contributed by atoms with E-state index in [4.69, 9.17) is 4.74 Å². The number of carbonyl (C=O) groups excluding carboxylic acids is 1. The lowest BCUT2D eigenvalue weighted by Gasteiger charge is -2.17. The van der Waals surface area contributed by atoms with Crippen LogP contribution in [0.2, 0.25) is 0 Å². The Morgan fingerprint density at radius 2 is 1.62 bits per heavy atom. The molecule has 8 heteroatoms. The second kappa shape index (κ2) is 9.46. The Hall–Kier alpha value is -4.59. The molecule has 0 bridgehead atoms. The molecular weight excluding hydrogens is 481 g/mol. The van der Waals surface area contributed by atoms with Crippen LogP contribution in [0.5, 0.6) is 11.5 Å². The normalized spacial score (nSPS) is 12.4. The monoisotopic (exact) mass is 502 g/mol. The van der Waals surface area contributed by atoms with Gasteiger partial charge in [-0.25, -0.2) is 0 Å². The first-order valence-corrected chi connectivity index (χ1v) is 11.5. The van der Waals surface area contributed by atoms with Crippen LogP contribution in [0.1, 0.15) is 34.5 Å². The fraction of sp³-hybridized carbons (Fsp3) is 0.103. The van der Waals surface area contributed by atoms with E-state index in [-0.39, 0.29) is 23.3 Å². The Labute approximate surface area is 209 Å². The fourth-order valence-corrected chi connectivity index (χ4v) is 4.24. The average molecular weight is 502 g/mol. The van der Waals surface area contributed by atoms with Crippen LogP contribution in [-0.2, 0) is 6.18 Å². The first-order chi connectivity index (χ1) is 17.7. The zero-order valence-electron chi connectivity index (χ0n) is 19.6. The molecule has 37 heavy (non-hydrogen) atoms. The van der Waals surface area contributed by atoms with Gasteiger partial charge in [0, 0.05) is 17.0 Å². The highest BCUT2D eigenvalue weighted by Gasteiger charge is 2.30. The van der Waals surface area contributed by atoms with E-state index in [2.05, 4.69) is 10.3 Å². The Morgan fingerprint density at radius 3 is 2.38 bits per heavy atom. The number of amides is 1. The molecule has 5 aromatic rings. The standard InChI is InChI=1S/C29H21F3N2O3/c1-17(23-6-2-4-18-9-15-26(35)34-27(18)23)33-28(36)20-8-14-24-19(16-20)5-3-7-25(24)37-22-12-10-21(11-13-22)29(30,31)32/h2-17H,1H3,(H,33,36)(H,34,35)/t17-/m1/s1. The van der Waals surface area contributed by atoms with Crippen molar-refractivity contribution in [3.8, 4) is 11.5 Å². The number of pyridine rings is 1. The van der Waals surface area contributed by atoms with E-state index >= 15 is 0 Å². The molecule has 0 saturated carbocycles. The molecule has 0 spiro atoms. The predicted molar refractivity (Wildman–Crippen MR) is 136 cm³/mol. The van der Waals surface area contributed by atoms with Crippen LogP contribution in [0.25, 0.3) is 21.7 Å². The van der Waals surface area contributed by atoms with Crippen LogP contribution in [0.3, 0.4) is 0 Å². The minimum Gasteiger partial charge on any atom is -0.457 e. The molecule has 1 atom stereocenters.